The average Bonchev–Trinajstić information content (AvgIpc) is 2.87. The molecule has 2 unspecified atom stereocenters. The molecule has 0 bridgehead atoms. The Morgan fingerprint density at radius 3 is 2.43 bits per heavy atom. The summed E-state index contributed by atoms with van der Waals surface area (Å²) < 4.78 is 7.05. The van der Waals surface area contributed by atoms with Crippen LogP contribution in [-0.2, 0) is 0 Å². The molecule has 2 aromatic rings. The van der Waals surface area contributed by atoms with E-state index in [4.69, 9.17) is 45.3 Å². The largest absolute Gasteiger partial charge is 0.482 e. The molecule has 0 spiro atoms. The van der Waals surface area contributed by atoms with Gasteiger partial charge in [0.15, 0.2) is 0 Å². The van der Waals surface area contributed by atoms with E-state index in [2.05, 4.69) is 15.9 Å². The second-order valence-corrected chi connectivity index (χ2v) is 8.17. The molecular weight excluding hydrogens is 416 g/mol. The van der Waals surface area contributed by atoms with Crippen LogP contribution in [0.1, 0.15) is 24.3 Å². The normalized spacial score (nSPS) is 14.0. The number of hydrogen-bond donors (Lipinski definition) is 1. The van der Waals surface area contributed by atoms with Crippen molar-refractivity contribution in [2.24, 2.45) is 5.73 Å². The lowest BCUT2D eigenvalue weighted by Crippen LogP contribution is -2.31. The molecule has 2 rings (SSSR count). The van der Waals surface area contributed by atoms with Crippen LogP contribution in [0.25, 0.3) is 0 Å². The summed E-state index contributed by atoms with van der Waals surface area (Å²) in [4.78, 5) is 1.03. The van der Waals surface area contributed by atoms with E-state index in [1.807, 2.05) is 19.1 Å². The van der Waals surface area contributed by atoms with Crippen molar-refractivity contribution in [2.75, 3.05) is 0 Å². The van der Waals surface area contributed by atoms with E-state index in [0.717, 1.165) is 15.1 Å². The lowest BCUT2D eigenvalue weighted by molar-refractivity contribution is 0.175. The minimum Gasteiger partial charge on any atom is -0.482 e. The van der Waals surface area contributed by atoms with Gasteiger partial charge in [-0.2, -0.15) is 0 Å². The van der Waals surface area contributed by atoms with Crippen LogP contribution >= 0.6 is 62.1 Å². The van der Waals surface area contributed by atoms with Crippen LogP contribution in [0.2, 0.25) is 15.1 Å². The summed E-state index contributed by atoms with van der Waals surface area (Å²) >= 11 is 23.2. The Morgan fingerprint density at radius 2 is 1.86 bits per heavy atom. The third-order valence-electron chi connectivity index (χ3n) is 2.96. The Morgan fingerprint density at radius 1 is 1.19 bits per heavy atom. The predicted octanol–water partition coefficient (Wildman–Crippen LogP) is 6.33. The summed E-state index contributed by atoms with van der Waals surface area (Å²) in [5.41, 5.74) is 6.19. The molecule has 1 aromatic heterocycles. The van der Waals surface area contributed by atoms with Crippen LogP contribution in [0.3, 0.4) is 0 Å². The molecule has 1 aromatic carbocycles. The van der Waals surface area contributed by atoms with Crippen LogP contribution in [0.5, 0.6) is 5.75 Å². The number of rotatable bonds is 5. The van der Waals surface area contributed by atoms with E-state index in [1.165, 1.54) is 0 Å². The van der Waals surface area contributed by atoms with Crippen LogP contribution in [0.15, 0.2) is 28.1 Å². The van der Waals surface area contributed by atoms with E-state index in [1.54, 1.807) is 23.5 Å². The molecule has 1 heterocycles. The maximum absolute atomic E-state index is 6.19. The standard InChI is InChI=1S/C14H13BrCl3NOS/c1-2-10(19)14(12-3-4-13(15)21-12)20-11-6-8(17)7(16)5-9(11)18/h3-6,10,14H,2,19H2,1H3. The SMILES string of the molecule is CCC(N)C(Oc1cc(Cl)c(Cl)cc1Cl)c1ccc(Br)s1. The maximum Gasteiger partial charge on any atom is 0.148 e. The van der Waals surface area contributed by atoms with Gasteiger partial charge in [0, 0.05) is 17.0 Å². The third kappa shape index (κ3) is 4.27. The van der Waals surface area contributed by atoms with Crippen LogP contribution in [0, 0.1) is 0 Å². The van der Waals surface area contributed by atoms with Gasteiger partial charge in [-0.25, -0.2) is 0 Å². The van der Waals surface area contributed by atoms with Crippen molar-refractivity contribution in [1.29, 1.82) is 0 Å². The summed E-state index contributed by atoms with van der Waals surface area (Å²) in [6.45, 7) is 2.01. The van der Waals surface area contributed by atoms with Gasteiger partial charge in [0.2, 0.25) is 0 Å². The Hall–Kier alpha value is 0.0300. The second kappa shape index (κ2) is 7.53. The average molecular weight is 430 g/mol. The molecule has 2 N–H and O–H groups in total. The van der Waals surface area contributed by atoms with Crippen LogP contribution < -0.4 is 10.5 Å². The van der Waals surface area contributed by atoms with Gasteiger partial charge in [0.05, 0.1) is 18.9 Å². The van der Waals surface area contributed by atoms with Crippen molar-refractivity contribution >= 4 is 62.1 Å². The molecule has 2 atom stereocenters. The third-order valence-corrected chi connectivity index (χ3v) is 5.67. The molecule has 114 valence electrons. The molecule has 7 heteroatoms. The van der Waals surface area contributed by atoms with E-state index in [-0.39, 0.29) is 12.1 Å². The number of ether oxygens (including phenoxy) is 1. The highest BCUT2D eigenvalue weighted by Gasteiger charge is 2.23. The van der Waals surface area contributed by atoms with E-state index in [0.29, 0.717) is 20.8 Å². The fourth-order valence-electron chi connectivity index (χ4n) is 1.78. The molecule has 0 aliphatic rings. The Labute approximate surface area is 151 Å². The minimum absolute atomic E-state index is 0.152. The number of thiophene rings is 1. The van der Waals surface area contributed by atoms with Gasteiger partial charge in [-0.05, 0) is 40.5 Å². The first-order valence-electron chi connectivity index (χ1n) is 6.24. The van der Waals surface area contributed by atoms with Gasteiger partial charge >= 0.3 is 0 Å². The quantitative estimate of drug-likeness (QED) is 0.564. The van der Waals surface area contributed by atoms with Gasteiger partial charge in [-0.15, -0.1) is 11.3 Å². The highest BCUT2D eigenvalue weighted by atomic mass is 79.9. The molecule has 0 radical (unpaired) electrons. The lowest BCUT2D eigenvalue weighted by atomic mass is 10.1. The second-order valence-electron chi connectivity index (χ2n) is 4.45. The number of nitrogens with two attached hydrogens (primary N) is 1. The van der Waals surface area contributed by atoms with Crippen molar-refractivity contribution < 1.29 is 4.74 Å². The molecular formula is C14H13BrCl3NOS. The number of halogens is 4. The zero-order valence-corrected chi connectivity index (χ0v) is 15.7. The Bertz CT molecular complexity index is 635. The Balaban J connectivity index is 2.33. The fraction of sp³-hybridized carbons (Fsp3) is 0.286. The van der Waals surface area contributed by atoms with Gasteiger partial charge in [-0.1, -0.05) is 41.7 Å². The van der Waals surface area contributed by atoms with Gasteiger partial charge in [0.25, 0.3) is 0 Å². The molecule has 0 amide bonds. The van der Waals surface area contributed by atoms with Crippen molar-refractivity contribution in [3.8, 4) is 5.75 Å². The lowest BCUT2D eigenvalue weighted by Gasteiger charge is -2.24. The summed E-state index contributed by atoms with van der Waals surface area (Å²) in [5, 5.41) is 1.20. The number of benzene rings is 1. The molecule has 0 fully saturated rings. The summed E-state index contributed by atoms with van der Waals surface area (Å²) in [6.07, 6.45) is 0.486. The van der Waals surface area contributed by atoms with E-state index in [9.17, 15) is 0 Å². The number of hydrogen-bond acceptors (Lipinski definition) is 3. The fourth-order valence-corrected chi connectivity index (χ4v) is 3.89. The molecule has 0 aliphatic carbocycles. The predicted molar refractivity (Wildman–Crippen MR) is 95.1 cm³/mol. The van der Waals surface area contributed by atoms with Crippen molar-refractivity contribution in [1.82, 2.24) is 0 Å². The molecule has 0 saturated carbocycles. The van der Waals surface area contributed by atoms with Crippen molar-refractivity contribution in [2.45, 2.75) is 25.5 Å². The van der Waals surface area contributed by atoms with Crippen LogP contribution in [-0.4, -0.2) is 6.04 Å². The zero-order valence-electron chi connectivity index (χ0n) is 11.1. The van der Waals surface area contributed by atoms with Crippen molar-refractivity contribution in [3.05, 3.63) is 48.0 Å². The molecule has 21 heavy (non-hydrogen) atoms. The van der Waals surface area contributed by atoms with Gasteiger partial charge < -0.3 is 10.5 Å². The highest BCUT2D eigenvalue weighted by molar-refractivity contribution is 9.11. The zero-order chi connectivity index (χ0) is 15.6. The van der Waals surface area contributed by atoms with Gasteiger partial charge in [0.1, 0.15) is 11.9 Å². The molecule has 0 saturated heterocycles. The van der Waals surface area contributed by atoms with E-state index < -0.39 is 0 Å². The molecule has 2 nitrogen and oxygen atoms in total. The Kier molecular flexibility index (Phi) is 6.24. The smallest absolute Gasteiger partial charge is 0.148 e. The first-order valence-corrected chi connectivity index (χ1v) is 8.98. The summed E-state index contributed by atoms with van der Waals surface area (Å²) in [5.74, 6) is 0.476. The first-order chi connectivity index (χ1) is 9.92. The minimum atomic E-state index is -0.291. The van der Waals surface area contributed by atoms with Crippen LogP contribution in [0.4, 0.5) is 0 Å². The monoisotopic (exact) mass is 427 g/mol. The first kappa shape index (κ1) is 17.4. The van der Waals surface area contributed by atoms with Gasteiger partial charge in [-0.3, -0.25) is 0 Å². The summed E-state index contributed by atoms with van der Waals surface area (Å²) in [7, 11) is 0. The topological polar surface area (TPSA) is 35.2 Å². The highest BCUT2D eigenvalue weighted by Crippen LogP contribution is 2.38. The van der Waals surface area contributed by atoms with Crippen molar-refractivity contribution in [3.63, 3.8) is 0 Å². The maximum atomic E-state index is 6.19. The molecule has 0 aliphatic heterocycles. The summed E-state index contributed by atoms with van der Waals surface area (Å²) in [6, 6.07) is 6.99. The van der Waals surface area contributed by atoms with E-state index >= 15 is 0 Å².